The van der Waals surface area contributed by atoms with Gasteiger partial charge >= 0.3 is 0 Å². The molecular formula is C11H15NO2. The third-order valence-electron chi connectivity index (χ3n) is 2.76. The van der Waals surface area contributed by atoms with Gasteiger partial charge in [-0.3, -0.25) is 0 Å². The van der Waals surface area contributed by atoms with E-state index in [2.05, 4.69) is 17.0 Å². The van der Waals surface area contributed by atoms with Crippen molar-refractivity contribution in [3.05, 3.63) is 34.9 Å². The van der Waals surface area contributed by atoms with Gasteiger partial charge in [-0.25, -0.2) is 5.90 Å². The highest BCUT2D eigenvalue weighted by Gasteiger charge is 2.14. The molecule has 1 unspecified atom stereocenters. The second-order valence-corrected chi connectivity index (χ2v) is 3.73. The van der Waals surface area contributed by atoms with E-state index in [0.717, 1.165) is 12.0 Å². The van der Waals surface area contributed by atoms with Crippen LogP contribution in [0.4, 0.5) is 0 Å². The highest BCUT2D eigenvalue weighted by atomic mass is 16.6. The zero-order valence-electron chi connectivity index (χ0n) is 8.07. The fourth-order valence-corrected chi connectivity index (χ4v) is 1.99. The molecule has 1 aliphatic rings. The van der Waals surface area contributed by atoms with Gasteiger partial charge in [0.15, 0.2) is 0 Å². The average molecular weight is 193 g/mol. The molecule has 3 heteroatoms. The second kappa shape index (κ2) is 4.09. The molecule has 0 spiro atoms. The van der Waals surface area contributed by atoms with Gasteiger partial charge in [0.05, 0.1) is 6.61 Å². The quantitative estimate of drug-likeness (QED) is 0.707. The van der Waals surface area contributed by atoms with E-state index >= 15 is 0 Å². The van der Waals surface area contributed by atoms with Crippen LogP contribution >= 0.6 is 0 Å². The number of aliphatic hydroxyl groups is 1. The van der Waals surface area contributed by atoms with E-state index in [1.54, 1.807) is 0 Å². The predicted molar refractivity (Wildman–Crippen MR) is 53.6 cm³/mol. The van der Waals surface area contributed by atoms with E-state index in [0.29, 0.717) is 0 Å². The van der Waals surface area contributed by atoms with Crippen molar-refractivity contribution in [2.75, 3.05) is 6.61 Å². The first-order valence-electron chi connectivity index (χ1n) is 4.92. The Balaban J connectivity index is 2.19. The zero-order valence-corrected chi connectivity index (χ0v) is 8.07. The lowest BCUT2D eigenvalue weighted by Gasteiger charge is -2.10. The van der Waals surface area contributed by atoms with E-state index in [9.17, 15) is 5.11 Å². The molecule has 0 saturated carbocycles. The smallest absolute Gasteiger partial charge is 0.104 e. The number of aliphatic hydroxyl groups excluding tert-OH is 1. The fraction of sp³-hybridized carbons (Fsp3) is 0.455. The van der Waals surface area contributed by atoms with Crippen molar-refractivity contribution in [1.82, 2.24) is 0 Å². The van der Waals surface area contributed by atoms with Gasteiger partial charge in [-0.15, -0.1) is 0 Å². The van der Waals surface area contributed by atoms with Crippen molar-refractivity contribution >= 4 is 0 Å². The van der Waals surface area contributed by atoms with Gasteiger partial charge in [-0.05, 0) is 36.0 Å². The molecule has 2 rings (SSSR count). The Labute approximate surface area is 83.5 Å². The van der Waals surface area contributed by atoms with Crippen LogP contribution in [0.5, 0.6) is 0 Å². The van der Waals surface area contributed by atoms with Crippen LogP contribution < -0.4 is 5.90 Å². The number of hydrogen-bond donors (Lipinski definition) is 2. The number of benzene rings is 1. The molecular weight excluding hydrogens is 178 g/mol. The monoisotopic (exact) mass is 193 g/mol. The minimum atomic E-state index is -0.606. The van der Waals surface area contributed by atoms with Gasteiger partial charge in [0.25, 0.3) is 0 Å². The maximum Gasteiger partial charge on any atom is 0.104 e. The molecule has 3 nitrogen and oxygen atoms in total. The topological polar surface area (TPSA) is 55.5 Å². The molecule has 0 aliphatic heterocycles. The molecule has 0 fully saturated rings. The maximum atomic E-state index is 9.65. The van der Waals surface area contributed by atoms with Crippen molar-refractivity contribution in [3.8, 4) is 0 Å². The summed E-state index contributed by atoms with van der Waals surface area (Å²) >= 11 is 0. The average Bonchev–Trinajstić information content (AvgIpc) is 2.64. The molecule has 0 radical (unpaired) electrons. The van der Waals surface area contributed by atoms with Gasteiger partial charge in [0, 0.05) is 0 Å². The van der Waals surface area contributed by atoms with E-state index in [1.165, 1.54) is 24.0 Å². The molecule has 1 aromatic rings. The Morgan fingerprint density at radius 3 is 2.93 bits per heavy atom. The van der Waals surface area contributed by atoms with Gasteiger partial charge in [-0.2, -0.15) is 0 Å². The Hall–Kier alpha value is -0.900. The Bertz CT molecular complexity index is 325. The fourth-order valence-electron chi connectivity index (χ4n) is 1.99. The lowest BCUT2D eigenvalue weighted by molar-refractivity contribution is 0.0359. The van der Waals surface area contributed by atoms with E-state index in [-0.39, 0.29) is 6.61 Å². The molecule has 76 valence electrons. The van der Waals surface area contributed by atoms with Gasteiger partial charge in [0.1, 0.15) is 6.10 Å². The second-order valence-electron chi connectivity index (χ2n) is 3.73. The summed E-state index contributed by atoms with van der Waals surface area (Å²) in [7, 11) is 0. The van der Waals surface area contributed by atoms with Crippen LogP contribution in [0, 0.1) is 0 Å². The maximum absolute atomic E-state index is 9.65. The molecule has 14 heavy (non-hydrogen) atoms. The van der Waals surface area contributed by atoms with E-state index in [1.807, 2.05) is 6.07 Å². The summed E-state index contributed by atoms with van der Waals surface area (Å²) in [6.07, 6.45) is 2.91. The molecule has 0 saturated heterocycles. The van der Waals surface area contributed by atoms with Crippen LogP contribution in [-0.2, 0) is 17.7 Å². The first kappa shape index (κ1) is 9.65. The summed E-state index contributed by atoms with van der Waals surface area (Å²) in [5, 5.41) is 9.65. The van der Waals surface area contributed by atoms with Crippen molar-refractivity contribution in [2.24, 2.45) is 5.90 Å². The molecule has 0 aromatic heterocycles. The summed E-state index contributed by atoms with van der Waals surface area (Å²) < 4.78 is 0. The minimum absolute atomic E-state index is 0.152. The third-order valence-corrected chi connectivity index (χ3v) is 2.76. The molecule has 0 heterocycles. The van der Waals surface area contributed by atoms with Crippen LogP contribution in [-0.4, -0.2) is 11.7 Å². The van der Waals surface area contributed by atoms with Crippen LogP contribution in [0.1, 0.15) is 29.2 Å². The van der Waals surface area contributed by atoms with Crippen LogP contribution in [0.25, 0.3) is 0 Å². The summed E-state index contributed by atoms with van der Waals surface area (Å²) in [5.74, 6) is 4.92. The highest BCUT2D eigenvalue weighted by molar-refractivity contribution is 5.36. The lowest BCUT2D eigenvalue weighted by atomic mass is 10.0. The van der Waals surface area contributed by atoms with Crippen LogP contribution in [0.2, 0.25) is 0 Å². The molecule has 1 aromatic carbocycles. The third kappa shape index (κ3) is 1.80. The van der Waals surface area contributed by atoms with Crippen molar-refractivity contribution in [2.45, 2.75) is 25.4 Å². The lowest BCUT2D eigenvalue weighted by Crippen LogP contribution is -2.11. The number of fused-ring (bicyclic) bond motifs is 1. The SMILES string of the molecule is NOCC(O)c1ccc2c(c1)CCC2. The van der Waals surface area contributed by atoms with Crippen molar-refractivity contribution in [1.29, 1.82) is 0 Å². The van der Waals surface area contributed by atoms with Gasteiger partial charge in [0.2, 0.25) is 0 Å². The van der Waals surface area contributed by atoms with Crippen molar-refractivity contribution in [3.63, 3.8) is 0 Å². The Morgan fingerprint density at radius 1 is 1.36 bits per heavy atom. The molecule has 3 N–H and O–H groups in total. The van der Waals surface area contributed by atoms with Gasteiger partial charge in [-0.1, -0.05) is 18.2 Å². The largest absolute Gasteiger partial charge is 0.386 e. The molecule has 1 atom stereocenters. The normalized spacial score (nSPS) is 16.7. The van der Waals surface area contributed by atoms with Gasteiger partial charge < -0.3 is 9.94 Å². The van der Waals surface area contributed by atoms with E-state index < -0.39 is 6.10 Å². The number of nitrogens with two attached hydrogens (primary N) is 1. The molecule has 1 aliphatic carbocycles. The Kier molecular flexibility index (Phi) is 2.82. The van der Waals surface area contributed by atoms with E-state index in [4.69, 9.17) is 5.90 Å². The summed E-state index contributed by atoms with van der Waals surface area (Å²) in [5.41, 5.74) is 3.67. The first-order valence-corrected chi connectivity index (χ1v) is 4.92. The predicted octanol–water partition coefficient (Wildman–Crippen LogP) is 1.10. The number of hydrogen-bond acceptors (Lipinski definition) is 3. The molecule has 0 bridgehead atoms. The summed E-state index contributed by atoms with van der Waals surface area (Å²) in [6.45, 7) is 0.152. The van der Waals surface area contributed by atoms with Crippen LogP contribution in [0.3, 0.4) is 0 Å². The number of rotatable bonds is 3. The molecule has 0 amide bonds. The summed E-state index contributed by atoms with van der Waals surface area (Å²) in [4.78, 5) is 4.43. The minimum Gasteiger partial charge on any atom is -0.386 e. The Morgan fingerprint density at radius 2 is 2.14 bits per heavy atom. The first-order chi connectivity index (χ1) is 6.81. The van der Waals surface area contributed by atoms with Crippen LogP contribution in [0.15, 0.2) is 18.2 Å². The number of aryl methyl sites for hydroxylation is 2. The summed E-state index contributed by atoms with van der Waals surface area (Å²) in [6, 6.07) is 6.11. The zero-order chi connectivity index (χ0) is 9.97. The van der Waals surface area contributed by atoms with Crippen molar-refractivity contribution < 1.29 is 9.94 Å². The highest BCUT2D eigenvalue weighted by Crippen LogP contribution is 2.25. The standard InChI is InChI=1S/C11H15NO2/c12-14-7-11(13)10-5-4-8-2-1-3-9(8)6-10/h4-6,11,13H,1-3,7,12H2.